The van der Waals surface area contributed by atoms with Gasteiger partial charge in [-0.15, -0.1) is 15.0 Å². The summed E-state index contributed by atoms with van der Waals surface area (Å²) in [6.45, 7) is 1.70. The molecule has 20 heavy (non-hydrogen) atoms. The maximum atomic E-state index is 9.58. The van der Waals surface area contributed by atoms with Crippen molar-refractivity contribution in [2.75, 3.05) is 0 Å². The average Bonchev–Trinajstić information content (AvgIpc) is 2.98. The Morgan fingerprint density at radius 2 is 1.95 bits per heavy atom. The molecule has 2 aromatic heterocycles. The van der Waals surface area contributed by atoms with Gasteiger partial charge in [-0.2, -0.15) is 0 Å². The van der Waals surface area contributed by atoms with Crippen LogP contribution in [0.5, 0.6) is 0 Å². The fourth-order valence-electron chi connectivity index (χ4n) is 1.82. The molecule has 0 aliphatic carbocycles. The fourth-order valence-corrected chi connectivity index (χ4v) is 1.82. The first-order chi connectivity index (χ1) is 9.74. The summed E-state index contributed by atoms with van der Waals surface area (Å²) in [4.78, 5) is 5.54. The molecule has 0 aliphatic rings. The minimum atomic E-state index is -0.561. The van der Waals surface area contributed by atoms with E-state index in [1.165, 1.54) is 4.80 Å². The Labute approximate surface area is 115 Å². The van der Waals surface area contributed by atoms with Gasteiger partial charge in [0.2, 0.25) is 5.82 Å². The number of benzene rings is 1. The van der Waals surface area contributed by atoms with Gasteiger partial charge in [-0.25, -0.2) is 4.98 Å². The predicted octanol–water partition coefficient (Wildman–Crippen LogP) is 1.78. The van der Waals surface area contributed by atoms with E-state index >= 15 is 0 Å². The molecule has 6 nitrogen and oxygen atoms in total. The van der Waals surface area contributed by atoms with Gasteiger partial charge < -0.3 is 5.11 Å². The maximum Gasteiger partial charge on any atom is 0.205 e. The molecule has 0 radical (unpaired) electrons. The van der Waals surface area contributed by atoms with Crippen LogP contribution in [0.15, 0.2) is 48.7 Å². The Hall–Kier alpha value is -2.60. The molecule has 1 atom stereocenters. The number of pyridine rings is 1. The molecular weight excluding hydrogens is 254 g/mol. The molecule has 0 bridgehead atoms. The summed E-state index contributed by atoms with van der Waals surface area (Å²) in [6, 6.07) is 13.1. The standard InChI is InChI=1S/C14H13N5O/c1-10(20)12-7-8-15-13(9-12)19-17-14(16-18-19)11-5-3-2-4-6-11/h2-10,20H,1H3/t10-/m1/s1. The molecule has 1 aromatic carbocycles. The Morgan fingerprint density at radius 1 is 1.15 bits per heavy atom. The van der Waals surface area contributed by atoms with Gasteiger partial charge in [0.05, 0.1) is 6.10 Å². The van der Waals surface area contributed by atoms with E-state index in [1.807, 2.05) is 30.3 Å². The first kappa shape index (κ1) is 12.4. The highest BCUT2D eigenvalue weighted by Crippen LogP contribution is 2.15. The van der Waals surface area contributed by atoms with Crippen LogP contribution in [0, 0.1) is 0 Å². The van der Waals surface area contributed by atoms with Gasteiger partial charge in [0.15, 0.2) is 5.82 Å². The molecule has 0 unspecified atom stereocenters. The van der Waals surface area contributed by atoms with E-state index in [0.29, 0.717) is 11.6 Å². The smallest absolute Gasteiger partial charge is 0.205 e. The van der Waals surface area contributed by atoms with Crippen molar-refractivity contribution in [1.29, 1.82) is 0 Å². The van der Waals surface area contributed by atoms with Gasteiger partial charge in [-0.1, -0.05) is 30.3 Å². The topological polar surface area (TPSA) is 76.7 Å². The number of hydrogen-bond acceptors (Lipinski definition) is 5. The van der Waals surface area contributed by atoms with Crippen LogP contribution < -0.4 is 0 Å². The lowest BCUT2D eigenvalue weighted by Gasteiger charge is -2.05. The van der Waals surface area contributed by atoms with Crippen LogP contribution in [0.4, 0.5) is 0 Å². The number of aliphatic hydroxyl groups is 1. The van der Waals surface area contributed by atoms with Crippen LogP contribution in [0.25, 0.3) is 17.2 Å². The molecule has 3 aromatic rings. The van der Waals surface area contributed by atoms with Gasteiger partial charge in [-0.05, 0) is 29.8 Å². The Bertz CT molecular complexity index is 708. The van der Waals surface area contributed by atoms with Crippen LogP contribution in [-0.4, -0.2) is 30.3 Å². The van der Waals surface area contributed by atoms with Crippen LogP contribution >= 0.6 is 0 Å². The fraction of sp³-hybridized carbons (Fsp3) is 0.143. The van der Waals surface area contributed by atoms with E-state index in [1.54, 1.807) is 25.3 Å². The largest absolute Gasteiger partial charge is 0.389 e. The van der Waals surface area contributed by atoms with Gasteiger partial charge in [0, 0.05) is 11.8 Å². The molecule has 3 rings (SSSR count). The molecule has 0 amide bonds. The second-order valence-corrected chi connectivity index (χ2v) is 4.39. The molecule has 0 saturated carbocycles. The first-order valence-corrected chi connectivity index (χ1v) is 6.24. The Morgan fingerprint density at radius 3 is 2.70 bits per heavy atom. The van der Waals surface area contributed by atoms with Crippen molar-refractivity contribution in [3.63, 3.8) is 0 Å². The highest BCUT2D eigenvalue weighted by atomic mass is 16.3. The lowest BCUT2D eigenvalue weighted by Crippen LogP contribution is -2.03. The zero-order chi connectivity index (χ0) is 13.9. The van der Waals surface area contributed by atoms with Gasteiger partial charge >= 0.3 is 0 Å². The van der Waals surface area contributed by atoms with Crippen LogP contribution in [0.1, 0.15) is 18.6 Å². The van der Waals surface area contributed by atoms with E-state index in [4.69, 9.17) is 0 Å². The third-order valence-electron chi connectivity index (χ3n) is 2.90. The van der Waals surface area contributed by atoms with Crippen molar-refractivity contribution >= 4 is 0 Å². The van der Waals surface area contributed by atoms with Crippen molar-refractivity contribution in [3.05, 3.63) is 54.2 Å². The summed E-state index contributed by atoms with van der Waals surface area (Å²) >= 11 is 0. The van der Waals surface area contributed by atoms with Crippen LogP contribution in [0.2, 0.25) is 0 Å². The third kappa shape index (κ3) is 2.41. The lowest BCUT2D eigenvalue weighted by atomic mass is 10.2. The quantitative estimate of drug-likeness (QED) is 0.782. The molecule has 0 spiro atoms. The normalized spacial score (nSPS) is 12.3. The lowest BCUT2D eigenvalue weighted by molar-refractivity contribution is 0.199. The molecule has 2 heterocycles. The number of rotatable bonds is 3. The molecular formula is C14H13N5O. The molecule has 1 N–H and O–H groups in total. The summed E-state index contributed by atoms with van der Waals surface area (Å²) < 4.78 is 0. The van der Waals surface area contributed by atoms with E-state index in [2.05, 4.69) is 20.4 Å². The molecule has 0 fully saturated rings. The van der Waals surface area contributed by atoms with Gasteiger partial charge in [-0.3, -0.25) is 0 Å². The minimum absolute atomic E-state index is 0.526. The maximum absolute atomic E-state index is 9.58. The number of tetrazole rings is 1. The highest BCUT2D eigenvalue weighted by Gasteiger charge is 2.09. The number of nitrogens with zero attached hydrogens (tertiary/aromatic N) is 5. The van der Waals surface area contributed by atoms with E-state index in [-0.39, 0.29) is 0 Å². The third-order valence-corrected chi connectivity index (χ3v) is 2.90. The van der Waals surface area contributed by atoms with Crippen molar-refractivity contribution < 1.29 is 5.11 Å². The predicted molar refractivity (Wildman–Crippen MR) is 73.0 cm³/mol. The second kappa shape index (κ2) is 5.18. The van der Waals surface area contributed by atoms with Gasteiger partial charge in [0.25, 0.3) is 0 Å². The number of aliphatic hydroxyl groups excluding tert-OH is 1. The Balaban J connectivity index is 1.96. The Kier molecular flexibility index (Phi) is 3.22. The van der Waals surface area contributed by atoms with E-state index in [0.717, 1.165) is 11.1 Å². The summed E-state index contributed by atoms with van der Waals surface area (Å²) in [5, 5.41) is 21.9. The first-order valence-electron chi connectivity index (χ1n) is 6.24. The summed E-state index contributed by atoms with van der Waals surface area (Å²) in [6.07, 6.45) is 1.05. The zero-order valence-corrected chi connectivity index (χ0v) is 10.9. The van der Waals surface area contributed by atoms with E-state index in [9.17, 15) is 5.11 Å². The number of hydrogen-bond donors (Lipinski definition) is 1. The highest BCUT2D eigenvalue weighted by molar-refractivity contribution is 5.53. The molecule has 0 saturated heterocycles. The van der Waals surface area contributed by atoms with E-state index < -0.39 is 6.10 Å². The van der Waals surface area contributed by atoms with Gasteiger partial charge in [0.1, 0.15) is 0 Å². The average molecular weight is 267 g/mol. The summed E-state index contributed by atoms with van der Waals surface area (Å²) in [5.41, 5.74) is 1.65. The van der Waals surface area contributed by atoms with Crippen molar-refractivity contribution in [2.45, 2.75) is 13.0 Å². The van der Waals surface area contributed by atoms with Crippen molar-refractivity contribution in [2.24, 2.45) is 0 Å². The van der Waals surface area contributed by atoms with Crippen molar-refractivity contribution in [3.8, 4) is 17.2 Å². The SMILES string of the molecule is C[C@@H](O)c1ccnc(-n2nnc(-c3ccccc3)n2)c1. The molecule has 6 heteroatoms. The number of aromatic nitrogens is 5. The molecule has 100 valence electrons. The van der Waals surface area contributed by atoms with Crippen LogP contribution in [0.3, 0.4) is 0 Å². The summed E-state index contributed by atoms with van der Waals surface area (Å²) in [5.74, 6) is 1.06. The second-order valence-electron chi connectivity index (χ2n) is 4.39. The van der Waals surface area contributed by atoms with Crippen LogP contribution in [-0.2, 0) is 0 Å². The zero-order valence-electron chi connectivity index (χ0n) is 10.9. The molecule has 0 aliphatic heterocycles. The minimum Gasteiger partial charge on any atom is -0.389 e. The monoisotopic (exact) mass is 267 g/mol. The summed E-state index contributed by atoms with van der Waals surface area (Å²) in [7, 11) is 0. The van der Waals surface area contributed by atoms with Crippen molar-refractivity contribution in [1.82, 2.24) is 25.2 Å².